The summed E-state index contributed by atoms with van der Waals surface area (Å²) >= 11 is 0. The Labute approximate surface area is 220 Å². The maximum atomic E-state index is 14.1. The third kappa shape index (κ3) is 5.29. The van der Waals surface area contributed by atoms with Crippen molar-refractivity contribution in [2.75, 3.05) is 53.6 Å². The molecule has 9 heteroatoms. The molecular weight excluding hydrogens is 472 g/mol. The van der Waals surface area contributed by atoms with E-state index in [0.717, 1.165) is 49.7 Å². The molecular formula is C28H42N4O5. The van der Waals surface area contributed by atoms with E-state index in [0.29, 0.717) is 50.0 Å². The fraction of sp³-hybridized carbons (Fsp3) is 0.643. The molecule has 2 atom stereocenters. The lowest BCUT2D eigenvalue weighted by Crippen LogP contribution is -2.65. The van der Waals surface area contributed by atoms with Gasteiger partial charge in [0, 0.05) is 37.6 Å². The predicted octanol–water partition coefficient (Wildman–Crippen LogP) is 3.29. The highest BCUT2D eigenvalue weighted by Gasteiger charge is 2.48. The van der Waals surface area contributed by atoms with Crippen molar-refractivity contribution in [3.05, 3.63) is 23.9 Å². The summed E-state index contributed by atoms with van der Waals surface area (Å²) in [5, 5.41) is 4.09. The Morgan fingerprint density at radius 2 is 1.84 bits per heavy atom. The van der Waals surface area contributed by atoms with Gasteiger partial charge in [0.15, 0.2) is 0 Å². The number of aromatic nitrogens is 1. The Morgan fingerprint density at radius 3 is 2.49 bits per heavy atom. The van der Waals surface area contributed by atoms with Gasteiger partial charge in [-0.3, -0.25) is 14.5 Å². The lowest BCUT2D eigenvalue weighted by molar-refractivity contribution is -0.133. The summed E-state index contributed by atoms with van der Waals surface area (Å²) in [7, 11) is 3.24. The number of amides is 2. The topological polar surface area (TPSA) is 85.3 Å². The summed E-state index contributed by atoms with van der Waals surface area (Å²) in [4.78, 5) is 32.2. The van der Waals surface area contributed by atoms with Gasteiger partial charge in [0.25, 0.3) is 5.91 Å². The van der Waals surface area contributed by atoms with Gasteiger partial charge in [-0.2, -0.15) is 0 Å². The maximum Gasteiger partial charge on any atom is 0.271 e. The van der Waals surface area contributed by atoms with Gasteiger partial charge in [0.05, 0.1) is 39.5 Å². The van der Waals surface area contributed by atoms with Gasteiger partial charge in [-0.05, 0) is 38.0 Å². The Morgan fingerprint density at radius 1 is 1.14 bits per heavy atom. The molecule has 9 nitrogen and oxygen atoms in total. The number of carbonyl (C=O) groups is 2. The van der Waals surface area contributed by atoms with Crippen LogP contribution in [0.15, 0.2) is 18.2 Å². The number of morpholine rings is 1. The normalized spacial score (nSPS) is 21.1. The number of carbonyl (C=O) groups excluding carboxylic acids is 2. The van der Waals surface area contributed by atoms with E-state index in [9.17, 15) is 9.59 Å². The van der Waals surface area contributed by atoms with Crippen molar-refractivity contribution in [2.24, 2.45) is 0 Å². The van der Waals surface area contributed by atoms with Crippen LogP contribution in [0.25, 0.3) is 10.9 Å². The van der Waals surface area contributed by atoms with E-state index in [1.807, 2.05) is 29.7 Å². The molecule has 0 bridgehead atoms. The van der Waals surface area contributed by atoms with Crippen LogP contribution in [0.3, 0.4) is 0 Å². The molecule has 1 fully saturated rings. The molecule has 0 saturated carbocycles. The van der Waals surface area contributed by atoms with E-state index in [1.165, 1.54) is 0 Å². The molecule has 2 aliphatic rings. The van der Waals surface area contributed by atoms with Crippen molar-refractivity contribution in [3.63, 3.8) is 0 Å². The highest BCUT2D eigenvalue weighted by Crippen LogP contribution is 2.40. The van der Waals surface area contributed by atoms with Gasteiger partial charge in [-0.25, -0.2) is 0 Å². The van der Waals surface area contributed by atoms with E-state index >= 15 is 0 Å². The molecule has 204 valence electrons. The molecule has 1 N–H and O–H groups in total. The molecule has 1 aromatic carbocycles. The van der Waals surface area contributed by atoms with Crippen molar-refractivity contribution in [3.8, 4) is 11.5 Å². The molecule has 1 saturated heterocycles. The Hall–Kier alpha value is -2.78. The molecule has 4 rings (SSSR count). The van der Waals surface area contributed by atoms with E-state index in [-0.39, 0.29) is 17.9 Å². The van der Waals surface area contributed by atoms with Crippen molar-refractivity contribution in [2.45, 2.75) is 64.6 Å². The second-order valence-electron chi connectivity index (χ2n) is 10.3. The number of hydrogen-bond acceptors (Lipinski definition) is 6. The average molecular weight is 515 g/mol. The molecule has 0 spiro atoms. The number of unbranched alkanes of at least 4 members (excludes halogenated alkanes) is 1. The van der Waals surface area contributed by atoms with Gasteiger partial charge in [0.1, 0.15) is 22.7 Å². The highest BCUT2D eigenvalue weighted by atomic mass is 16.5. The maximum absolute atomic E-state index is 14.1. The molecule has 2 aromatic rings. The fourth-order valence-corrected chi connectivity index (χ4v) is 5.54. The first kappa shape index (κ1) is 27.3. The summed E-state index contributed by atoms with van der Waals surface area (Å²) < 4.78 is 18.7. The van der Waals surface area contributed by atoms with Crippen LogP contribution >= 0.6 is 0 Å². The Kier molecular flexibility index (Phi) is 8.64. The van der Waals surface area contributed by atoms with Gasteiger partial charge in [-0.15, -0.1) is 0 Å². The average Bonchev–Trinajstić information content (AvgIpc) is 3.30. The second-order valence-corrected chi connectivity index (χ2v) is 10.3. The number of hydrogen-bond donors (Lipinski definition) is 1. The largest absolute Gasteiger partial charge is 0.496 e. The minimum absolute atomic E-state index is 0.0814. The summed E-state index contributed by atoms with van der Waals surface area (Å²) in [6.07, 6.45) is 3.91. The molecule has 2 aliphatic heterocycles. The summed E-state index contributed by atoms with van der Waals surface area (Å²) in [5.74, 6) is 1.05. The Bertz CT molecular complexity index is 1110. The fourth-order valence-electron chi connectivity index (χ4n) is 5.54. The number of fused-ring (bicyclic) bond motifs is 3. The monoisotopic (exact) mass is 514 g/mol. The molecule has 1 aromatic heterocycles. The number of rotatable bonds is 11. The van der Waals surface area contributed by atoms with Crippen LogP contribution in [-0.2, 0) is 16.1 Å². The first-order chi connectivity index (χ1) is 17.9. The van der Waals surface area contributed by atoms with Crippen LogP contribution in [0.1, 0.15) is 56.9 Å². The van der Waals surface area contributed by atoms with Crippen LogP contribution in [-0.4, -0.2) is 91.4 Å². The minimum atomic E-state index is -1.06. The summed E-state index contributed by atoms with van der Waals surface area (Å²) in [6, 6.07) is 5.64. The SMILES string of the molecule is CCCCC(CC)NC(=O)C1(C)Cn2c(cc3c(OC)ccc(OC)c32)C(=O)N1CCN1CCOCC1. The zero-order valence-electron chi connectivity index (χ0n) is 23.0. The molecule has 0 aliphatic carbocycles. The van der Waals surface area contributed by atoms with E-state index in [1.54, 1.807) is 19.1 Å². The number of benzene rings is 1. The molecule has 0 radical (unpaired) electrons. The van der Waals surface area contributed by atoms with Crippen molar-refractivity contribution in [1.82, 2.24) is 19.7 Å². The summed E-state index contributed by atoms with van der Waals surface area (Å²) in [6.45, 7) is 10.7. The molecule has 37 heavy (non-hydrogen) atoms. The summed E-state index contributed by atoms with van der Waals surface area (Å²) in [5.41, 5.74) is 0.258. The zero-order chi connectivity index (χ0) is 26.6. The van der Waals surface area contributed by atoms with Gasteiger partial charge in [0.2, 0.25) is 5.91 Å². The molecule has 2 unspecified atom stereocenters. The zero-order valence-corrected chi connectivity index (χ0v) is 23.0. The first-order valence-electron chi connectivity index (χ1n) is 13.5. The Balaban J connectivity index is 1.74. The number of methoxy groups -OCH3 is 2. The van der Waals surface area contributed by atoms with Crippen LogP contribution in [0, 0.1) is 0 Å². The minimum Gasteiger partial charge on any atom is -0.496 e. The van der Waals surface area contributed by atoms with Crippen LogP contribution in [0.4, 0.5) is 0 Å². The third-order valence-corrected chi connectivity index (χ3v) is 7.91. The first-order valence-corrected chi connectivity index (χ1v) is 13.5. The van der Waals surface area contributed by atoms with Gasteiger partial charge < -0.3 is 29.0 Å². The third-order valence-electron chi connectivity index (χ3n) is 7.91. The standard InChI is InChI=1S/C28H42N4O5/c1-6-8-9-20(7-2)29-27(34)28(3)19-31-22(18-21-23(35-4)10-11-24(36-5)25(21)31)26(33)32(28)13-12-30-14-16-37-17-15-30/h10-11,18,20H,6-9,12-17,19H2,1-5H3,(H,29,34). The van der Waals surface area contributed by atoms with Crippen LogP contribution < -0.4 is 14.8 Å². The number of nitrogens with one attached hydrogen (secondary N) is 1. The lowest BCUT2D eigenvalue weighted by Gasteiger charge is -2.45. The van der Waals surface area contributed by atoms with Gasteiger partial charge >= 0.3 is 0 Å². The second kappa shape index (κ2) is 11.7. The van der Waals surface area contributed by atoms with Crippen LogP contribution in [0.5, 0.6) is 11.5 Å². The molecule has 3 heterocycles. The van der Waals surface area contributed by atoms with Crippen molar-refractivity contribution < 1.29 is 23.8 Å². The predicted molar refractivity (Wildman–Crippen MR) is 143 cm³/mol. The van der Waals surface area contributed by atoms with Gasteiger partial charge in [-0.1, -0.05) is 26.7 Å². The quantitative estimate of drug-likeness (QED) is 0.495. The molecule has 2 amide bonds. The van der Waals surface area contributed by atoms with Crippen molar-refractivity contribution in [1.29, 1.82) is 0 Å². The lowest BCUT2D eigenvalue weighted by atomic mass is 9.93. The number of ether oxygens (including phenoxy) is 3. The number of nitrogens with zero attached hydrogens (tertiary/aromatic N) is 3. The van der Waals surface area contributed by atoms with Crippen LogP contribution in [0.2, 0.25) is 0 Å². The van der Waals surface area contributed by atoms with E-state index in [4.69, 9.17) is 14.2 Å². The highest BCUT2D eigenvalue weighted by molar-refractivity contribution is 6.06. The van der Waals surface area contributed by atoms with E-state index in [2.05, 4.69) is 24.1 Å². The van der Waals surface area contributed by atoms with E-state index < -0.39 is 5.54 Å². The smallest absolute Gasteiger partial charge is 0.271 e. The van der Waals surface area contributed by atoms with Crippen molar-refractivity contribution >= 4 is 22.7 Å².